The normalized spacial score (nSPS) is 18.3. The van der Waals surface area contributed by atoms with Crippen LogP contribution in [0, 0.1) is 0 Å². The standard InChI is InChI=1S/C13H17Cl2N3O/c14-11-4-3-10(8-12(11)15)18-13(19)17-7-5-9-2-1-6-16-9/h3-4,8-9,16H,1-2,5-7H2,(H2,17,18,19). The number of nitrogens with one attached hydrogen (secondary N) is 3. The topological polar surface area (TPSA) is 53.2 Å². The van der Waals surface area contributed by atoms with Gasteiger partial charge in [0.1, 0.15) is 0 Å². The van der Waals surface area contributed by atoms with Gasteiger partial charge in [-0.15, -0.1) is 0 Å². The number of rotatable bonds is 4. The Kier molecular flexibility index (Phi) is 5.31. The largest absolute Gasteiger partial charge is 0.338 e. The number of anilines is 1. The van der Waals surface area contributed by atoms with E-state index < -0.39 is 0 Å². The molecular weight excluding hydrogens is 285 g/mol. The summed E-state index contributed by atoms with van der Waals surface area (Å²) < 4.78 is 0. The molecule has 0 bridgehead atoms. The highest BCUT2D eigenvalue weighted by Gasteiger charge is 2.13. The van der Waals surface area contributed by atoms with Gasteiger partial charge in [0.05, 0.1) is 10.0 Å². The zero-order chi connectivity index (χ0) is 13.7. The summed E-state index contributed by atoms with van der Waals surface area (Å²) in [4.78, 5) is 11.7. The first-order valence-corrected chi connectivity index (χ1v) is 7.14. The molecule has 1 aromatic rings. The molecule has 0 saturated carbocycles. The molecule has 6 heteroatoms. The Bertz CT molecular complexity index is 448. The minimum absolute atomic E-state index is 0.226. The summed E-state index contributed by atoms with van der Waals surface area (Å²) in [6.07, 6.45) is 3.37. The van der Waals surface area contributed by atoms with E-state index in [1.165, 1.54) is 12.8 Å². The fourth-order valence-corrected chi connectivity index (χ4v) is 2.41. The molecule has 3 N–H and O–H groups in total. The first-order valence-electron chi connectivity index (χ1n) is 6.38. The minimum atomic E-state index is -0.226. The van der Waals surface area contributed by atoms with E-state index in [1.807, 2.05) is 0 Å². The van der Waals surface area contributed by atoms with Gasteiger partial charge in [0.25, 0.3) is 0 Å². The molecular formula is C13H17Cl2N3O. The molecule has 0 spiro atoms. The Hall–Kier alpha value is -0.970. The average Bonchev–Trinajstić information content (AvgIpc) is 2.87. The Morgan fingerprint density at radius 3 is 2.89 bits per heavy atom. The van der Waals surface area contributed by atoms with Crippen LogP contribution in [0.2, 0.25) is 10.0 Å². The number of urea groups is 1. The van der Waals surface area contributed by atoms with E-state index in [2.05, 4.69) is 16.0 Å². The molecule has 1 aliphatic heterocycles. The van der Waals surface area contributed by atoms with Crippen molar-refractivity contribution in [2.45, 2.75) is 25.3 Å². The van der Waals surface area contributed by atoms with Crippen molar-refractivity contribution in [2.24, 2.45) is 0 Å². The van der Waals surface area contributed by atoms with Crippen molar-refractivity contribution in [3.63, 3.8) is 0 Å². The maximum absolute atomic E-state index is 11.7. The second-order valence-corrected chi connectivity index (χ2v) is 5.41. The van der Waals surface area contributed by atoms with Crippen LogP contribution in [0.15, 0.2) is 18.2 Å². The minimum Gasteiger partial charge on any atom is -0.338 e. The molecule has 0 aromatic heterocycles. The quantitative estimate of drug-likeness (QED) is 0.799. The van der Waals surface area contributed by atoms with Crippen molar-refractivity contribution < 1.29 is 4.79 Å². The molecule has 0 radical (unpaired) electrons. The summed E-state index contributed by atoms with van der Waals surface area (Å²) in [5.41, 5.74) is 0.630. The van der Waals surface area contributed by atoms with Crippen LogP contribution in [-0.2, 0) is 0 Å². The number of hydrogen-bond acceptors (Lipinski definition) is 2. The number of halogens is 2. The van der Waals surface area contributed by atoms with Gasteiger partial charge in [-0.3, -0.25) is 0 Å². The van der Waals surface area contributed by atoms with Gasteiger partial charge >= 0.3 is 6.03 Å². The van der Waals surface area contributed by atoms with Crippen molar-refractivity contribution in [3.8, 4) is 0 Å². The lowest BCUT2D eigenvalue weighted by atomic mass is 10.1. The van der Waals surface area contributed by atoms with Crippen molar-refractivity contribution >= 4 is 34.9 Å². The third kappa shape index (κ3) is 4.56. The lowest BCUT2D eigenvalue weighted by Gasteiger charge is -2.11. The molecule has 1 aliphatic rings. The fraction of sp³-hybridized carbons (Fsp3) is 0.462. The molecule has 2 rings (SSSR count). The van der Waals surface area contributed by atoms with Crippen LogP contribution in [-0.4, -0.2) is 25.2 Å². The van der Waals surface area contributed by atoms with Gasteiger partial charge < -0.3 is 16.0 Å². The molecule has 1 heterocycles. The fourth-order valence-electron chi connectivity index (χ4n) is 2.11. The Labute approximate surface area is 122 Å². The average molecular weight is 302 g/mol. The highest BCUT2D eigenvalue weighted by Crippen LogP contribution is 2.24. The second-order valence-electron chi connectivity index (χ2n) is 4.59. The van der Waals surface area contributed by atoms with Crippen LogP contribution >= 0.6 is 23.2 Å². The molecule has 0 aliphatic carbocycles. The molecule has 2 amide bonds. The highest BCUT2D eigenvalue weighted by atomic mass is 35.5. The van der Waals surface area contributed by atoms with Gasteiger partial charge in [-0.2, -0.15) is 0 Å². The Balaban J connectivity index is 1.72. The molecule has 4 nitrogen and oxygen atoms in total. The smallest absolute Gasteiger partial charge is 0.319 e. The third-order valence-electron chi connectivity index (χ3n) is 3.12. The van der Waals surface area contributed by atoms with Crippen LogP contribution in [0.5, 0.6) is 0 Å². The number of amides is 2. The van der Waals surface area contributed by atoms with E-state index in [0.29, 0.717) is 28.3 Å². The van der Waals surface area contributed by atoms with E-state index in [4.69, 9.17) is 23.2 Å². The molecule has 104 valence electrons. The summed E-state index contributed by atoms with van der Waals surface area (Å²) in [5, 5.41) is 9.84. The SMILES string of the molecule is O=C(NCCC1CCCN1)Nc1ccc(Cl)c(Cl)c1. The van der Waals surface area contributed by atoms with Gasteiger partial charge in [0.2, 0.25) is 0 Å². The summed E-state index contributed by atoms with van der Waals surface area (Å²) in [6.45, 7) is 1.74. The summed E-state index contributed by atoms with van der Waals surface area (Å²) in [6, 6.07) is 5.30. The van der Waals surface area contributed by atoms with Crippen LogP contribution in [0.25, 0.3) is 0 Å². The Morgan fingerprint density at radius 2 is 2.21 bits per heavy atom. The van der Waals surface area contributed by atoms with E-state index in [0.717, 1.165) is 13.0 Å². The predicted octanol–water partition coefficient (Wildman–Crippen LogP) is 3.26. The van der Waals surface area contributed by atoms with Crippen molar-refractivity contribution in [1.82, 2.24) is 10.6 Å². The van der Waals surface area contributed by atoms with Crippen molar-refractivity contribution in [1.29, 1.82) is 0 Å². The molecule has 1 atom stereocenters. The summed E-state index contributed by atoms with van der Waals surface area (Å²) in [7, 11) is 0. The van der Waals surface area contributed by atoms with E-state index in [-0.39, 0.29) is 6.03 Å². The number of hydrogen-bond donors (Lipinski definition) is 3. The Morgan fingerprint density at radius 1 is 1.37 bits per heavy atom. The van der Waals surface area contributed by atoms with Gasteiger partial charge in [-0.05, 0) is 44.0 Å². The summed E-state index contributed by atoms with van der Waals surface area (Å²) >= 11 is 11.7. The summed E-state index contributed by atoms with van der Waals surface area (Å²) in [5.74, 6) is 0. The molecule has 1 aromatic carbocycles. The van der Waals surface area contributed by atoms with Crippen LogP contribution < -0.4 is 16.0 Å². The van der Waals surface area contributed by atoms with Crippen molar-refractivity contribution in [2.75, 3.05) is 18.4 Å². The van der Waals surface area contributed by atoms with E-state index >= 15 is 0 Å². The molecule has 19 heavy (non-hydrogen) atoms. The first kappa shape index (κ1) is 14.4. The second kappa shape index (κ2) is 6.98. The maximum Gasteiger partial charge on any atom is 0.319 e. The molecule has 1 saturated heterocycles. The van der Waals surface area contributed by atoms with Crippen LogP contribution in [0.3, 0.4) is 0 Å². The first-order chi connectivity index (χ1) is 9.15. The predicted molar refractivity (Wildman–Crippen MR) is 79.1 cm³/mol. The monoisotopic (exact) mass is 301 g/mol. The van der Waals surface area contributed by atoms with E-state index in [1.54, 1.807) is 18.2 Å². The van der Waals surface area contributed by atoms with Gasteiger partial charge in [0, 0.05) is 18.3 Å². The lowest BCUT2D eigenvalue weighted by Crippen LogP contribution is -2.33. The molecule has 1 fully saturated rings. The maximum atomic E-state index is 11.7. The van der Waals surface area contributed by atoms with Crippen LogP contribution in [0.1, 0.15) is 19.3 Å². The molecule has 1 unspecified atom stereocenters. The van der Waals surface area contributed by atoms with E-state index in [9.17, 15) is 4.79 Å². The number of carbonyl (C=O) groups excluding carboxylic acids is 1. The van der Waals surface area contributed by atoms with Gasteiger partial charge in [0.15, 0.2) is 0 Å². The number of carbonyl (C=O) groups is 1. The zero-order valence-corrected chi connectivity index (χ0v) is 12.0. The van der Waals surface area contributed by atoms with Gasteiger partial charge in [-0.25, -0.2) is 4.79 Å². The van der Waals surface area contributed by atoms with Crippen molar-refractivity contribution in [3.05, 3.63) is 28.2 Å². The van der Waals surface area contributed by atoms with Gasteiger partial charge in [-0.1, -0.05) is 23.2 Å². The number of benzene rings is 1. The zero-order valence-electron chi connectivity index (χ0n) is 10.5. The third-order valence-corrected chi connectivity index (χ3v) is 3.86. The highest BCUT2D eigenvalue weighted by molar-refractivity contribution is 6.42. The lowest BCUT2D eigenvalue weighted by molar-refractivity contribution is 0.251. The van der Waals surface area contributed by atoms with Crippen LogP contribution in [0.4, 0.5) is 10.5 Å².